The predicted molar refractivity (Wildman–Crippen MR) is 82.2 cm³/mol. The van der Waals surface area contributed by atoms with Crippen LogP contribution in [0.25, 0.3) is 0 Å². The van der Waals surface area contributed by atoms with Crippen molar-refractivity contribution in [1.29, 1.82) is 0 Å². The fourth-order valence-corrected chi connectivity index (χ4v) is 1.85. The van der Waals surface area contributed by atoms with E-state index >= 15 is 0 Å². The summed E-state index contributed by atoms with van der Waals surface area (Å²) in [7, 11) is 1.60. The zero-order valence-corrected chi connectivity index (χ0v) is 12.2. The van der Waals surface area contributed by atoms with Crippen molar-refractivity contribution < 1.29 is 9.47 Å². The molecule has 1 aromatic carbocycles. The molecule has 2 N–H and O–H groups in total. The van der Waals surface area contributed by atoms with E-state index in [-0.39, 0.29) is 0 Å². The van der Waals surface area contributed by atoms with Crippen LogP contribution in [0.5, 0.6) is 11.6 Å². The van der Waals surface area contributed by atoms with Crippen molar-refractivity contribution in [3.05, 3.63) is 53.2 Å². The Hall–Kier alpha value is -2.51. The lowest BCUT2D eigenvalue weighted by Gasteiger charge is -2.09. The molecule has 0 fully saturated rings. The monoisotopic (exact) mass is 282 g/mol. The van der Waals surface area contributed by atoms with Gasteiger partial charge < -0.3 is 15.2 Å². The maximum absolute atomic E-state index is 5.79. The summed E-state index contributed by atoms with van der Waals surface area (Å²) in [5.41, 5.74) is 8.15. The van der Waals surface area contributed by atoms with Gasteiger partial charge in [0.05, 0.1) is 19.3 Å². The van der Waals surface area contributed by atoms with Gasteiger partial charge in [0, 0.05) is 11.6 Å². The molecule has 0 aliphatic heterocycles. The molecular formula is C17H18N2O2. The highest BCUT2D eigenvalue weighted by Crippen LogP contribution is 2.20. The summed E-state index contributed by atoms with van der Waals surface area (Å²) in [6.07, 6.45) is 0. The highest BCUT2D eigenvalue weighted by Gasteiger charge is 2.03. The molecule has 0 aliphatic rings. The summed E-state index contributed by atoms with van der Waals surface area (Å²) >= 11 is 0. The van der Waals surface area contributed by atoms with Crippen LogP contribution in [0, 0.1) is 18.8 Å². The van der Waals surface area contributed by atoms with E-state index in [1.807, 2.05) is 37.3 Å². The Kier molecular flexibility index (Phi) is 5.19. The molecule has 0 spiro atoms. The fourth-order valence-electron chi connectivity index (χ4n) is 1.85. The van der Waals surface area contributed by atoms with E-state index in [9.17, 15) is 0 Å². The summed E-state index contributed by atoms with van der Waals surface area (Å²) in [5.74, 6) is 7.24. The molecule has 0 radical (unpaired) electrons. The second-order valence-electron chi connectivity index (χ2n) is 4.45. The third-order valence-corrected chi connectivity index (χ3v) is 2.88. The number of ether oxygens (including phenoxy) is 2. The molecule has 2 aromatic rings. The molecule has 0 bridgehead atoms. The van der Waals surface area contributed by atoms with E-state index in [0.717, 1.165) is 22.6 Å². The van der Waals surface area contributed by atoms with Gasteiger partial charge >= 0.3 is 0 Å². The number of rotatable bonds is 4. The number of benzene rings is 1. The molecule has 0 saturated heterocycles. The normalized spacial score (nSPS) is 9.67. The van der Waals surface area contributed by atoms with E-state index in [1.54, 1.807) is 13.2 Å². The fraction of sp³-hybridized carbons (Fsp3) is 0.235. The Labute approximate surface area is 124 Å². The number of nitrogens with zero attached hydrogens (tertiary/aromatic N) is 1. The molecule has 1 aromatic heterocycles. The summed E-state index contributed by atoms with van der Waals surface area (Å²) in [5, 5.41) is 0. The van der Waals surface area contributed by atoms with Crippen LogP contribution in [0.2, 0.25) is 0 Å². The van der Waals surface area contributed by atoms with Gasteiger partial charge in [-0.25, -0.2) is 4.98 Å². The van der Waals surface area contributed by atoms with Crippen molar-refractivity contribution in [2.45, 2.75) is 13.5 Å². The molecule has 21 heavy (non-hydrogen) atoms. The minimum Gasteiger partial charge on any atom is -0.487 e. The van der Waals surface area contributed by atoms with Crippen molar-refractivity contribution >= 4 is 0 Å². The minimum absolute atomic E-state index is 0.360. The number of hydrogen-bond donors (Lipinski definition) is 1. The predicted octanol–water partition coefficient (Wildman–Crippen LogP) is 2.29. The third-order valence-electron chi connectivity index (χ3n) is 2.88. The number of aryl methyl sites for hydroxylation is 1. The van der Waals surface area contributed by atoms with Gasteiger partial charge in [0.25, 0.3) is 0 Å². The Morgan fingerprint density at radius 1 is 1.24 bits per heavy atom. The van der Waals surface area contributed by atoms with Crippen LogP contribution >= 0.6 is 0 Å². The number of nitrogens with two attached hydrogens (primary N) is 1. The minimum atomic E-state index is 0.360. The van der Waals surface area contributed by atoms with Crippen LogP contribution in [0.3, 0.4) is 0 Å². The summed E-state index contributed by atoms with van der Waals surface area (Å²) < 4.78 is 10.9. The number of pyridine rings is 1. The molecule has 4 nitrogen and oxygen atoms in total. The Bertz CT molecular complexity index is 672. The van der Waals surface area contributed by atoms with Crippen LogP contribution in [-0.4, -0.2) is 18.6 Å². The number of methoxy groups -OCH3 is 1. The highest BCUT2D eigenvalue weighted by molar-refractivity contribution is 5.43. The Balaban J connectivity index is 2.06. The van der Waals surface area contributed by atoms with Crippen LogP contribution in [0.15, 0.2) is 36.4 Å². The molecule has 0 saturated carbocycles. The lowest BCUT2D eigenvalue weighted by atomic mass is 10.1. The summed E-state index contributed by atoms with van der Waals surface area (Å²) in [6.45, 7) is 2.74. The molecule has 0 amide bonds. The van der Waals surface area contributed by atoms with Crippen LogP contribution in [0.4, 0.5) is 0 Å². The second-order valence-corrected chi connectivity index (χ2v) is 4.45. The summed E-state index contributed by atoms with van der Waals surface area (Å²) in [6, 6.07) is 11.4. The standard InChI is InChI=1S/C17H18N2O2/c1-13-11-14(5-4-10-18)8-9-16(13)21-12-15-6-3-7-17(19-15)20-2/h3,6-9,11H,10,12,18H2,1-2H3. The van der Waals surface area contributed by atoms with Crippen molar-refractivity contribution in [1.82, 2.24) is 4.98 Å². The van der Waals surface area contributed by atoms with E-state index < -0.39 is 0 Å². The summed E-state index contributed by atoms with van der Waals surface area (Å²) in [4.78, 5) is 4.31. The molecule has 0 unspecified atom stereocenters. The average Bonchev–Trinajstić information content (AvgIpc) is 2.52. The van der Waals surface area contributed by atoms with Crippen molar-refractivity contribution in [3.8, 4) is 23.5 Å². The van der Waals surface area contributed by atoms with Crippen molar-refractivity contribution in [2.24, 2.45) is 5.73 Å². The van der Waals surface area contributed by atoms with Crippen LogP contribution < -0.4 is 15.2 Å². The molecule has 1 heterocycles. The third kappa shape index (κ3) is 4.23. The first kappa shape index (κ1) is 14.9. The Morgan fingerprint density at radius 2 is 2.10 bits per heavy atom. The van der Waals surface area contributed by atoms with Crippen molar-refractivity contribution in [3.63, 3.8) is 0 Å². The molecule has 4 heteroatoms. The van der Waals surface area contributed by atoms with Crippen molar-refractivity contribution in [2.75, 3.05) is 13.7 Å². The molecule has 2 rings (SSSR count). The molecular weight excluding hydrogens is 264 g/mol. The SMILES string of the molecule is COc1cccc(COc2ccc(C#CCN)cc2C)n1. The maximum Gasteiger partial charge on any atom is 0.213 e. The van der Waals surface area contributed by atoms with Gasteiger partial charge in [0.1, 0.15) is 12.4 Å². The van der Waals surface area contributed by atoms with E-state index in [4.69, 9.17) is 15.2 Å². The van der Waals surface area contributed by atoms with Crippen LogP contribution in [0.1, 0.15) is 16.8 Å². The Morgan fingerprint density at radius 3 is 2.81 bits per heavy atom. The largest absolute Gasteiger partial charge is 0.487 e. The van der Waals surface area contributed by atoms with Gasteiger partial charge in [-0.1, -0.05) is 17.9 Å². The van der Waals surface area contributed by atoms with Gasteiger partial charge in [-0.3, -0.25) is 0 Å². The van der Waals surface area contributed by atoms with Gasteiger partial charge in [-0.2, -0.15) is 0 Å². The topological polar surface area (TPSA) is 57.4 Å². The van der Waals surface area contributed by atoms with E-state index in [1.165, 1.54) is 0 Å². The lowest BCUT2D eigenvalue weighted by Crippen LogP contribution is -2.00. The zero-order valence-electron chi connectivity index (χ0n) is 12.2. The first-order valence-corrected chi connectivity index (χ1v) is 6.65. The molecule has 0 aliphatic carbocycles. The first-order valence-electron chi connectivity index (χ1n) is 6.65. The molecule has 108 valence electrons. The number of aromatic nitrogens is 1. The highest BCUT2D eigenvalue weighted by atomic mass is 16.5. The maximum atomic E-state index is 5.79. The van der Waals surface area contributed by atoms with Crippen LogP contribution in [-0.2, 0) is 6.61 Å². The quantitative estimate of drug-likeness (QED) is 0.874. The van der Waals surface area contributed by atoms with E-state index in [2.05, 4.69) is 16.8 Å². The average molecular weight is 282 g/mol. The molecule has 0 atom stereocenters. The van der Waals surface area contributed by atoms with Gasteiger partial charge in [0.2, 0.25) is 5.88 Å². The lowest BCUT2D eigenvalue weighted by molar-refractivity contribution is 0.296. The zero-order chi connectivity index (χ0) is 15.1. The second kappa shape index (κ2) is 7.32. The van der Waals surface area contributed by atoms with E-state index in [0.29, 0.717) is 19.0 Å². The smallest absolute Gasteiger partial charge is 0.213 e. The first-order chi connectivity index (χ1) is 10.2. The van der Waals surface area contributed by atoms with Gasteiger partial charge in [-0.05, 0) is 36.8 Å². The number of hydrogen-bond acceptors (Lipinski definition) is 4. The van der Waals surface area contributed by atoms with Gasteiger partial charge in [0.15, 0.2) is 0 Å². The van der Waals surface area contributed by atoms with Gasteiger partial charge in [-0.15, -0.1) is 0 Å².